The summed E-state index contributed by atoms with van der Waals surface area (Å²) < 4.78 is 12.4. The molecule has 1 aliphatic rings. The van der Waals surface area contributed by atoms with Crippen LogP contribution in [0.5, 0.6) is 0 Å². The van der Waals surface area contributed by atoms with Gasteiger partial charge in [0, 0.05) is 52.5 Å². The van der Waals surface area contributed by atoms with Gasteiger partial charge < -0.3 is 8.83 Å². The molecule has 8 aromatic rings. The van der Waals surface area contributed by atoms with E-state index in [2.05, 4.69) is 35.0 Å². The molecule has 4 nitrogen and oxygen atoms in total. The van der Waals surface area contributed by atoms with E-state index in [-0.39, 0.29) is 11.6 Å². The van der Waals surface area contributed by atoms with Gasteiger partial charge in [-0.2, -0.15) is 0 Å². The second kappa shape index (κ2) is 9.08. The van der Waals surface area contributed by atoms with Crippen molar-refractivity contribution < 1.29 is 18.4 Å². The van der Waals surface area contributed by atoms with E-state index < -0.39 is 0 Å². The number of thiophene rings is 4. The number of hydrogen-bond acceptors (Lipinski definition) is 8. The topological polar surface area (TPSA) is 60.4 Å². The Hall–Kier alpha value is -4.34. The molecule has 0 aliphatic heterocycles. The molecular weight excluding hydrogens is 601 g/mol. The largest absolute Gasteiger partial charge is 0.455 e. The Bertz CT molecular complexity index is 2090. The van der Waals surface area contributed by atoms with Crippen molar-refractivity contribution in [2.45, 2.75) is 0 Å². The molecule has 0 bridgehead atoms. The number of ketones is 2. The molecule has 0 unspecified atom stereocenters. The average Bonchev–Trinajstić information content (AvgIpc) is 3.83. The molecule has 9 rings (SSSR count). The highest BCUT2D eigenvalue weighted by molar-refractivity contribution is 7.23. The molecule has 200 valence electrons. The Morgan fingerprint density at radius 1 is 0.452 bits per heavy atom. The minimum atomic E-state index is -0.184. The predicted octanol–water partition coefficient (Wildman–Crippen LogP) is 10.9. The molecule has 0 fully saturated rings. The van der Waals surface area contributed by atoms with Crippen molar-refractivity contribution in [1.82, 2.24) is 0 Å². The van der Waals surface area contributed by atoms with Crippen LogP contribution in [0.4, 0.5) is 0 Å². The molecule has 0 atom stereocenters. The van der Waals surface area contributed by atoms with E-state index in [1.807, 2.05) is 36.4 Å². The summed E-state index contributed by atoms with van der Waals surface area (Å²) in [5.74, 6) is 1.07. The van der Waals surface area contributed by atoms with Gasteiger partial charge in [0.25, 0.3) is 0 Å². The molecule has 0 saturated heterocycles. The number of furan rings is 2. The first-order chi connectivity index (χ1) is 20.6. The maximum absolute atomic E-state index is 13.7. The van der Waals surface area contributed by atoms with E-state index in [1.54, 1.807) is 69.6 Å². The number of carbonyl (C=O) groups is 2. The summed E-state index contributed by atoms with van der Waals surface area (Å²) in [5.41, 5.74) is 2.70. The fourth-order valence-corrected chi connectivity index (χ4v) is 9.09. The zero-order valence-electron chi connectivity index (χ0n) is 21.5. The molecule has 0 saturated carbocycles. The highest BCUT2D eigenvalue weighted by Crippen LogP contribution is 2.42. The number of benzene rings is 2. The van der Waals surface area contributed by atoms with Crippen LogP contribution in [0, 0.1) is 0 Å². The van der Waals surface area contributed by atoms with Crippen LogP contribution in [-0.2, 0) is 0 Å². The third-order valence-electron chi connectivity index (χ3n) is 7.52. The number of rotatable bonds is 4. The van der Waals surface area contributed by atoms with E-state index in [0.29, 0.717) is 33.4 Å². The van der Waals surface area contributed by atoms with E-state index in [1.165, 1.54) is 19.5 Å². The lowest BCUT2D eigenvalue weighted by Crippen LogP contribution is -2.20. The van der Waals surface area contributed by atoms with Gasteiger partial charge in [0.15, 0.2) is 11.6 Å². The van der Waals surface area contributed by atoms with Gasteiger partial charge in [0.2, 0.25) is 0 Å². The van der Waals surface area contributed by atoms with Gasteiger partial charge in [-0.15, -0.1) is 45.3 Å². The summed E-state index contributed by atoms with van der Waals surface area (Å²) >= 11 is 6.72. The van der Waals surface area contributed by atoms with Gasteiger partial charge in [-0.25, -0.2) is 0 Å². The molecule has 2 aromatic carbocycles. The Kier molecular flexibility index (Phi) is 5.25. The van der Waals surface area contributed by atoms with E-state index in [9.17, 15) is 9.59 Å². The lowest BCUT2D eigenvalue weighted by molar-refractivity contribution is 0.0979. The Balaban J connectivity index is 1.09. The van der Waals surface area contributed by atoms with Gasteiger partial charge >= 0.3 is 0 Å². The van der Waals surface area contributed by atoms with Gasteiger partial charge in [-0.05, 0) is 83.6 Å². The predicted molar refractivity (Wildman–Crippen MR) is 173 cm³/mol. The summed E-state index contributed by atoms with van der Waals surface area (Å²) in [6.45, 7) is 0. The first-order valence-corrected chi connectivity index (χ1v) is 16.5. The van der Waals surface area contributed by atoms with E-state index in [4.69, 9.17) is 8.83 Å². The molecule has 6 heterocycles. The zero-order valence-corrected chi connectivity index (χ0v) is 24.8. The second-order valence-electron chi connectivity index (χ2n) is 10.0. The van der Waals surface area contributed by atoms with Crippen LogP contribution in [0.15, 0.2) is 105 Å². The third-order valence-corrected chi connectivity index (χ3v) is 11.8. The molecule has 0 radical (unpaired) electrons. The Labute approximate surface area is 254 Å². The fourth-order valence-electron chi connectivity index (χ4n) is 5.50. The smallest absolute Gasteiger partial charge is 0.194 e. The molecule has 0 amide bonds. The lowest BCUT2D eigenvalue weighted by atomic mass is 9.83. The SMILES string of the molecule is O=C1c2cc3cc(-c4ccc(-c5cccs5)s4)oc3cc2C(=O)c2cc3cc(-c4ccc(-c5cccs5)s4)oc3cc21. The summed E-state index contributed by atoms with van der Waals surface area (Å²) in [7, 11) is 0. The molecule has 8 heteroatoms. The Morgan fingerprint density at radius 2 is 0.881 bits per heavy atom. The standard InChI is InChI=1S/C34H16O4S4/c35-33-19-11-17-13-25(27-5-7-31(41-27)29-3-1-9-39-29)37-23(17)15-21(19)34(36)20-12-18-14-26(38-24(18)16-22(20)33)28-6-8-32(42-28)30-4-2-10-40-30/h1-16H. The normalized spacial score (nSPS) is 12.9. The summed E-state index contributed by atoms with van der Waals surface area (Å²) in [4.78, 5) is 34.3. The van der Waals surface area contributed by atoms with Gasteiger partial charge in [-0.3, -0.25) is 9.59 Å². The van der Waals surface area contributed by atoms with Gasteiger partial charge in [-0.1, -0.05) is 12.1 Å². The van der Waals surface area contributed by atoms with Crippen molar-refractivity contribution in [2.24, 2.45) is 0 Å². The molecule has 42 heavy (non-hydrogen) atoms. The maximum atomic E-state index is 13.7. The minimum Gasteiger partial charge on any atom is -0.455 e. The van der Waals surface area contributed by atoms with Gasteiger partial charge in [0.1, 0.15) is 22.7 Å². The van der Waals surface area contributed by atoms with E-state index >= 15 is 0 Å². The van der Waals surface area contributed by atoms with Crippen molar-refractivity contribution in [2.75, 3.05) is 0 Å². The summed E-state index contributed by atoms with van der Waals surface area (Å²) in [6, 6.07) is 27.5. The third kappa shape index (κ3) is 3.70. The van der Waals surface area contributed by atoms with Crippen LogP contribution in [0.3, 0.4) is 0 Å². The molecule has 1 aliphatic carbocycles. The average molecular weight is 617 g/mol. The highest BCUT2D eigenvalue weighted by atomic mass is 32.1. The zero-order chi connectivity index (χ0) is 27.9. The molecular formula is C34H16O4S4. The van der Waals surface area contributed by atoms with Gasteiger partial charge in [0.05, 0.1) is 9.75 Å². The second-order valence-corrected chi connectivity index (χ2v) is 14.1. The number of hydrogen-bond donors (Lipinski definition) is 0. The first kappa shape index (κ1) is 24.3. The van der Waals surface area contributed by atoms with Crippen LogP contribution in [0.25, 0.3) is 62.7 Å². The molecule has 0 spiro atoms. The first-order valence-electron chi connectivity index (χ1n) is 13.1. The van der Waals surface area contributed by atoms with Crippen molar-refractivity contribution in [3.8, 4) is 40.8 Å². The monoisotopic (exact) mass is 616 g/mol. The maximum Gasteiger partial charge on any atom is 0.194 e. The lowest BCUT2D eigenvalue weighted by Gasteiger charge is -2.17. The van der Waals surface area contributed by atoms with Crippen LogP contribution in [0.2, 0.25) is 0 Å². The summed E-state index contributed by atoms with van der Waals surface area (Å²) in [5, 5.41) is 5.71. The molecule has 0 N–H and O–H groups in total. The number of fused-ring (bicyclic) bond motifs is 4. The number of carbonyl (C=O) groups excluding carboxylic acids is 2. The van der Waals surface area contributed by atoms with Crippen LogP contribution in [0.1, 0.15) is 31.8 Å². The van der Waals surface area contributed by atoms with Crippen LogP contribution < -0.4 is 0 Å². The van der Waals surface area contributed by atoms with Crippen molar-refractivity contribution in [1.29, 1.82) is 0 Å². The highest BCUT2D eigenvalue weighted by Gasteiger charge is 2.32. The Morgan fingerprint density at radius 3 is 1.31 bits per heavy atom. The van der Waals surface area contributed by atoms with Crippen LogP contribution in [-0.4, -0.2) is 11.6 Å². The van der Waals surface area contributed by atoms with Crippen molar-refractivity contribution in [3.05, 3.63) is 118 Å². The quantitative estimate of drug-likeness (QED) is 0.197. The minimum absolute atomic E-state index is 0.184. The molecule has 6 aromatic heterocycles. The summed E-state index contributed by atoms with van der Waals surface area (Å²) in [6.07, 6.45) is 0. The van der Waals surface area contributed by atoms with Crippen LogP contribution >= 0.6 is 45.3 Å². The fraction of sp³-hybridized carbons (Fsp3) is 0. The van der Waals surface area contributed by atoms with E-state index in [0.717, 1.165) is 32.0 Å². The van der Waals surface area contributed by atoms with Crippen molar-refractivity contribution in [3.63, 3.8) is 0 Å². The van der Waals surface area contributed by atoms with Crippen molar-refractivity contribution >= 4 is 78.9 Å².